The molecule has 1 N–H and O–H groups in total. The topological polar surface area (TPSA) is 15.3 Å². The van der Waals surface area contributed by atoms with Gasteiger partial charge in [0.15, 0.2) is 0 Å². The van der Waals surface area contributed by atoms with Crippen LogP contribution in [-0.2, 0) is 0 Å². The van der Waals surface area contributed by atoms with Gasteiger partial charge in [-0.25, -0.2) is 0 Å². The van der Waals surface area contributed by atoms with E-state index in [-0.39, 0.29) is 0 Å². The molecule has 1 aliphatic rings. The van der Waals surface area contributed by atoms with E-state index >= 15 is 0 Å². The Hall–Kier alpha value is -0.510. The molecule has 0 saturated heterocycles. The van der Waals surface area contributed by atoms with E-state index in [2.05, 4.69) is 55.4 Å². The van der Waals surface area contributed by atoms with Crippen molar-refractivity contribution in [3.63, 3.8) is 0 Å². The standard InChI is InChI=1S/C15H24N2S/c1-12(2)16-8-9-17(3)10-13-11-18-15-7-5-4-6-14(13)15/h4-7,12-13,16H,8-11H2,1-3H3. The van der Waals surface area contributed by atoms with E-state index in [1.54, 1.807) is 5.56 Å². The number of fused-ring (bicyclic) bond motifs is 1. The van der Waals surface area contributed by atoms with E-state index in [9.17, 15) is 0 Å². The molecule has 0 aliphatic carbocycles. The van der Waals surface area contributed by atoms with Crippen molar-refractivity contribution in [2.45, 2.75) is 30.7 Å². The predicted molar refractivity (Wildman–Crippen MR) is 80.5 cm³/mol. The molecule has 1 aromatic rings. The quantitative estimate of drug-likeness (QED) is 0.850. The highest BCUT2D eigenvalue weighted by Crippen LogP contribution is 2.39. The lowest BCUT2D eigenvalue weighted by atomic mass is 10.0. The van der Waals surface area contributed by atoms with Gasteiger partial charge in [-0.2, -0.15) is 0 Å². The van der Waals surface area contributed by atoms with Gasteiger partial charge in [0.1, 0.15) is 0 Å². The van der Waals surface area contributed by atoms with Crippen LogP contribution in [0.25, 0.3) is 0 Å². The zero-order valence-corrected chi connectivity index (χ0v) is 12.5. The van der Waals surface area contributed by atoms with Crippen molar-refractivity contribution < 1.29 is 0 Å². The molecule has 0 radical (unpaired) electrons. The zero-order chi connectivity index (χ0) is 13.0. The molecule has 100 valence electrons. The van der Waals surface area contributed by atoms with Gasteiger partial charge in [0, 0.05) is 42.2 Å². The molecule has 1 unspecified atom stereocenters. The molecule has 1 aromatic carbocycles. The maximum absolute atomic E-state index is 3.47. The SMILES string of the molecule is CC(C)NCCN(C)CC1CSc2ccccc21. The Balaban J connectivity index is 1.80. The fourth-order valence-corrected chi connectivity index (χ4v) is 3.63. The fourth-order valence-electron chi connectivity index (χ4n) is 2.39. The summed E-state index contributed by atoms with van der Waals surface area (Å²) in [6.07, 6.45) is 0. The lowest BCUT2D eigenvalue weighted by Crippen LogP contribution is -2.34. The van der Waals surface area contributed by atoms with E-state index in [4.69, 9.17) is 0 Å². The highest BCUT2D eigenvalue weighted by molar-refractivity contribution is 7.99. The monoisotopic (exact) mass is 264 g/mol. The van der Waals surface area contributed by atoms with Crippen LogP contribution in [0.5, 0.6) is 0 Å². The third-order valence-corrected chi connectivity index (χ3v) is 4.63. The van der Waals surface area contributed by atoms with Gasteiger partial charge >= 0.3 is 0 Å². The van der Waals surface area contributed by atoms with Crippen LogP contribution in [0.3, 0.4) is 0 Å². The van der Waals surface area contributed by atoms with E-state index in [1.807, 2.05) is 11.8 Å². The minimum atomic E-state index is 0.584. The van der Waals surface area contributed by atoms with E-state index in [0.29, 0.717) is 12.0 Å². The van der Waals surface area contributed by atoms with Crippen molar-refractivity contribution in [1.82, 2.24) is 10.2 Å². The summed E-state index contributed by atoms with van der Waals surface area (Å²) >= 11 is 2.00. The molecule has 0 amide bonds. The number of nitrogens with one attached hydrogen (secondary N) is 1. The van der Waals surface area contributed by atoms with Gasteiger partial charge in [0.05, 0.1) is 0 Å². The fraction of sp³-hybridized carbons (Fsp3) is 0.600. The number of thioether (sulfide) groups is 1. The van der Waals surface area contributed by atoms with Gasteiger partial charge in [0.25, 0.3) is 0 Å². The molecule has 2 rings (SSSR count). The van der Waals surface area contributed by atoms with Gasteiger partial charge in [0.2, 0.25) is 0 Å². The number of hydrogen-bond donors (Lipinski definition) is 1. The molecule has 0 bridgehead atoms. The molecule has 0 saturated carbocycles. The second kappa shape index (κ2) is 6.60. The first-order valence-corrected chi connectivity index (χ1v) is 7.79. The van der Waals surface area contributed by atoms with Crippen LogP contribution in [0.2, 0.25) is 0 Å². The lowest BCUT2D eigenvalue weighted by molar-refractivity contribution is 0.313. The first kappa shape index (κ1) is 13.9. The minimum absolute atomic E-state index is 0.584. The lowest BCUT2D eigenvalue weighted by Gasteiger charge is -2.22. The van der Waals surface area contributed by atoms with Crippen molar-refractivity contribution in [3.05, 3.63) is 29.8 Å². The summed E-state index contributed by atoms with van der Waals surface area (Å²) in [5.41, 5.74) is 1.55. The van der Waals surface area contributed by atoms with Gasteiger partial charge in [-0.3, -0.25) is 0 Å². The van der Waals surface area contributed by atoms with Crippen molar-refractivity contribution >= 4 is 11.8 Å². The Bertz CT molecular complexity index is 379. The molecule has 1 atom stereocenters. The van der Waals surface area contributed by atoms with Gasteiger partial charge < -0.3 is 10.2 Å². The van der Waals surface area contributed by atoms with Crippen molar-refractivity contribution in [2.75, 3.05) is 32.4 Å². The molecule has 18 heavy (non-hydrogen) atoms. The normalized spacial score (nSPS) is 18.6. The van der Waals surface area contributed by atoms with Gasteiger partial charge in [-0.05, 0) is 18.7 Å². The van der Waals surface area contributed by atoms with Crippen LogP contribution in [0.15, 0.2) is 29.2 Å². The Morgan fingerprint density at radius 1 is 1.39 bits per heavy atom. The Labute approximate surface area is 115 Å². The molecule has 3 heteroatoms. The third kappa shape index (κ3) is 3.74. The number of nitrogens with zero attached hydrogens (tertiary/aromatic N) is 1. The molecule has 0 aromatic heterocycles. The maximum atomic E-state index is 3.47. The van der Waals surface area contributed by atoms with Crippen LogP contribution < -0.4 is 5.32 Å². The van der Waals surface area contributed by atoms with Crippen molar-refractivity contribution in [2.24, 2.45) is 0 Å². The largest absolute Gasteiger partial charge is 0.313 e. The Kier molecular flexibility index (Phi) is 5.10. The second-order valence-electron chi connectivity index (χ2n) is 5.42. The average Bonchev–Trinajstić information content (AvgIpc) is 2.72. The van der Waals surface area contributed by atoms with Crippen LogP contribution in [-0.4, -0.2) is 43.4 Å². The van der Waals surface area contributed by atoms with Crippen LogP contribution >= 0.6 is 11.8 Å². The summed E-state index contributed by atoms with van der Waals surface area (Å²) in [4.78, 5) is 3.93. The molecule has 2 nitrogen and oxygen atoms in total. The summed E-state index contributed by atoms with van der Waals surface area (Å²) in [6.45, 7) is 7.77. The van der Waals surface area contributed by atoms with E-state index in [0.717, 1.165) is 13.1 Å². The number of likely N-dealkylation sites (N-methyl/N-ethyl adjacent to an activating group) is 1. The summed E-state index contributed by atoms with van der Waals surface area (Å²) in [7, 11) is 2.23. The highest BCUT2D eigenvalue weighted by Gasteiger charge is 2.23. The predicted octanol–water partition coefficient (Wildman–Crippen LogP) is 2.81. The number of hydrogen-bond acceptors (Lipinski definition) is 3. The molecular formula is C15H24N2S. The summed E-state index contributed by atoms with van der Waals surface area (Å²) in [5.74, 6) is 1.94. The van der Waals surface area contributed by atoms with Crippen LogP contribution in [0, 0.1) is 0 Å². The van der Waals surface area contributed by atoms with Crippen molar-refractivity contribution in [1.29, 1.82) is 0 Å². The summed E-state index contributed by atoms with van der Waals surface area (Å²) in [5, 5.41) is 3.47. The number of benzene rings is 1. The average molecular weight is 264 g/mol. The second-order valence-corrected chi connectivity index (χ2v) is 6.48. The van der Waals surface area contributed by atoms with Crippen LogP contribution in [0.4, 0.5) is 0 Å². The Morgan fingerprint density at radius 3 is 2.94 bits per heavy atom. The minimum Gasteiger partial charge on any atom is -0.313 e. The highest BCUT2D eigenvalue weighted by atomic mass is 32.2. The smallest absolute Gasteiger partial charge is 0.0108 e. The van der Waals surface area contributed by atoms with E-state index in [1.165, 1.54) is 17.2 Å². The maximum Gasteiger partial charge on any atom is 0.0108 e. The first-order chi connectivity index (χ1) is 8.66. The van der Waals surface area contributed by atoms with E-state index < -0.39 is 0 Å². The summed E-state index contributed by atoms with van der Waals surface area (Å²) < 4.78 is 0. The third-order valence-electron chi connectivity index (χ3n) is 3.38. The molecule has 0 fully saturated rings. The summed E-state index contributed by atoms with van der Waals surface area (Å²) in [6, 6.07) is 9.43. The number of rotatable bonds is 6. The van der Waals surface area contributed by atoms with Gasteiger partial charge in [-0.1, -0.05) is 32.0 Å². The molecule has 1 aliphatic heterocycles. The zero-order valence-electron chi connectivity index (χ0n) is 11.6. The van der Waals surface area contributed by atoms with Gasteiger partial charge in [-0.15, -0.1) is 11.8 Å². The van der Waals surface area contributed by atoms with Crippen LogP contribution in [0.1, 0.15) is 25.3 Å². The first-order valence-electron chi connectivity index (χ1n) is 6.80. The molecule has 0 spiro atoms. The molecular weight excluding hydrogens is 240 g/mol. The Morgan fingerprint density at radius 2 is 2.17 bits per heavy atom. The molecule has 1 heterocycles. The van der Waals surface area contributed by atoms with Crippen molar-refractivity contribution in [3.8, 4) is 0 Å².